The van der Waals surface area contributed by atoms with Crippen molar-refractivity contribution in [1.82, 2.24) is 20.9 Å². The van der Waals surface area contributed by atoms with Crippen LogP contribution in [0.4, 0.5) is 0 Å². The van der Waals surface area contributed by atoms with Gasteiger partial charge < -0.3 is 42.0 Å². The highest BCUT2D eigenvalue weighted by atomic mass is 16.4. The number of para-hydroxylation sites is 1. The zero-order valence-electron chi connectivity index (χ0n) is 24.6. The molecule has 45 heavy (non-hydrogen) atoms. The Kier molecular flexibility index (Phi) is 10.9. The molecule has 4 rings (SSSR count). The molecule has 9 N–H and O–H groups in total. The van der Waals surface area contributed by atoms with Crippen molar-refractivity contribution in [2.45, 2.75) is 56.5 Å². The standard InChI is InChI=1S/C33H37N5O7/c1-19(39)29(38-30(41)25(34)15-21-11-13-23(40)14-12-21)32(43)36-27(17-22-18-35-26-10-6-5-9-24(22)26)31(42)37-28(33(44)45)16-20-7-3-2-4-8-20/h2-14,18-19,25,27-29,35,39-40H,15-17,34H2,1H3,(H,36,43)(H,37,42)(H,38,41)(H,44,45). The molecule has 5 unspecified atom stereocenters. The molecule has 0 bridgehead atoms. The van der Waals surface area contributed by atoms with Crippen LogP contribution in [-0.2, 0) is 38.4 Å². The fourth-order valence-corrected chi connectivity index (χ4v) is 4.96. The molecular weight excluding hydrogens is 578 g/mol. The summed E-state index contributed by atoms with van der Waals surface area (Å²) >= 11 is 0. The largest absolute Gasteiger partial charge is 0.508 e. The van der Waals surface area contributed by atoms with Crippen LogP contribution in [0, 0.1) is 0 Å². The maximum atomic E-state index is 13.6. The maximum absolute atomic E-state index is 13.6. The molecule has 1 heterocycles. The van der Waals surface area contributed by atoms with E-state index in [0.29, 0.717) is 16.7 Å². The summed E-state index contributed by atoms with van der Waals surface area (Å²) in [6.07, 6.45) is 0.438. The Morgan fingerprint density at radius 3 is 2.04 bits per heavy atom. The number of carbonyl (C=O) groups is 4. The van der Waals surface area contributed by atoms with E-state index in [9.17, 15) is 34.5 Å². The normalized spacial score (nSPS) is 14.5. The molecule has 0 aliphatic rings. The van der Waals surface area contributed by atoms with Crippen molar-refractivity contribution < 1.29 is 34.5 Å². The second-order valence-corrected chi connectivity index (χ2v) is 10.9. The Labute approximate surface area is 259 Å². The van der Waals surface area contributed by atoms with E-state index in [1.165, 1.54) is 19.1 Å². The number of carbonyl (C=O) groups excluding carboxylic acids is 3. The molecule has 0 aliphatic carbocycles. The topological polar surface area (TPSA) is 207 Å². The number of amides is 3. The number of fused-ring (bicyclic) bond motifs is 1. The van der Waals surface area contributed by atoms with Crippen molar-refractivity contribution in [2.24, 2.45) is 5.73 Å². The molecule has 0 saturated heterocycles. The first-order valence-corrected chi connectivity index (χ1v) is 14.5. The SMILES string of the molecule is CC(O)C(NC(=O)C(N)Cc1ccc(O)cc1)C(=O)NC(Cc1c[nH]c2ccccc12)C(=O)NC(Cc1ccccc1)C(=O)O. The van der Waals surface area contributed by atoms with Crippen LogP contribution in [-0.4, -0.2) is 74.3 Å². The van der Waals surface area contributed by atoms with E-state index in [4.69, 9.17) is 5.73 Å². The van der Waals surface area contributed by atoms with Crippen LogP contribution < -0.4 is 21.7 Å². The zero-order valence-corrected chi connectivity index (χ0v) is 24.6. The predicted molar refractivity (Wildman–Crippen MR) is 167 cm³/mol. The number of aromatic nitrogens is 1. The minimum atomic E-state index is -1.47. The third-order valence-corrected chi connectivity index (χ3v) is 7.42. The van der Waals surface area contributed by atoms with E-state index in [1.807, 2.05) is 24.3 Å². The molecule has 0 saturated carbocycles. The van der Waals surface area contributed by atoms with Gasteiger partial charge in [-0.25, -0.2) is 4.79 Å². The van der Waals surface area contributed by atoms with Gasteiger partial charge in [0, 0.05) is 29.9 Å². The number of aromatic hydroxyl groups is 1. The fourth-order valence-electron chi connectivity index (χ4n) is 4.96. The van der Waals surface area contributed by atoms with Gasteiger partial charge in [-0.3, -0.25) is 14.4 Å². The lowest BCUT2D eigenvalue weighted by Gasteiger charge is -2.26. The highest BCUT2D eigenvalue weighted by Crippen LogP contribution is 2.19. The average molecular weight is 616 g/mol. The van der Waals surface area contributed by atoms with Crippen molar-refractivity contribution >= 4 is 34.6 Å². The van der Waals surface area contributed by atoms with Crippen LogP contribution in [0.3, 0.4) is 0 Å². The van der Waals surface area contributed by atoms with E-state index in [-0.39, 0.29) is 25.0 Å². The number of nitrogens with one attached hydrogen (secondary N) is 4. The van der Waals surface area contributed by atoms with Crippen molar-refractivity contribution in [3.05, 3.63) is 102 Å². The Bertz CT molecular complexity index is 1620. The Morgan fingerprint density at radius 1 is 0.756 bits per heavy atom. The van der Waals surface area contributed by atoms with Crippen LogP contribution in [0.2, 0.25) is 0 Å². The molecular formula is C33H37N5O7. The smallest absolute Gasteiger partial charge is 0.326 e. The number of nitrogens with two attached hydrogens (primary N) is 1. The van der Waals surface area contributed by atoms with Crippen LogP contribution in [0.15, 0.2) is 85.1 Å². The maximum Gasteiger partial charge on any atom is 0.326 e. The quantitative estimate of drug-likeness (QED) is 0.103. The Morgan fingerprint density at radius 2 is 1.38 bits per heavy atom. The third-order valence-electron chi connectivity index (χ3n) is 7.42. The molecule has 0 radical (unpaired) electrons. The summed E-state index contributed by atoms with van der Waals surface area (Å²) in [5, 5.41) is 38.2. The lowest BCUT2D eigenvalue weighted by molar-refractivity contribution is -0.142. The molecule has 1 aromatic heterocycles. The first kappa shape index (κ1) is 32.7. The fraction of sp³-hybridized carbons (Fsp3) is 0.273. The monoisotopic (exact) mass is 615 g/mol. The highest BCUT2D eigenvalue weighted by Gasteiger charge is 2.33. The van der Waals surface area contributed by atoms with E-state index in [1.54, 1.807) is 48.7 Å². The zero-order chi connectivity index (χ0) is 32.5. The first-order valence-electron chi connectivity index (χ1n) is 14.5. The number of aromatic amines is 1. The van der Waals surface area contributed by atoms with Gasteiger partial charge in [0.15, 0.2) is 0 Å². The van der Waals surface area contributed by atoms with Crippen LogP contribution in [0.1, 0.15) is 23.6 Å². The van der Waals surface area contributed by atoms with Gasteiger partial charge in [-0.05, 0) is 48.2 Å². The summed E-state index contributed by atoms with van der Waals surface area (Å²) in [7, 11) is 0. The molecule has 4 aromatic rings. The summed E-state index contributed by atoms with van der Waals surface area (Å²) in [6.45, 7) is 1.31. The number of phenolic OH excluding ortho intramolecular Hbond substituents is 1. The summed E-state index contributed by atoms with van der Waals surface area (Å²) in [4.78, 5) is 55.2. The number of benzene rings is 3. The highest BCUT2D eigenvalue weighted by molar-refractivity contribution is 5.95. The van der Waals surface area contributed by atoms with Crippen molar-refractivity contribution in [1.29, 1.82) is 0 Å². The van der Waals surface area contributed by atoms with Gasteiger partial charge >= 0.3 is 5.97 Å². The van der Waals surface area contributed by atoms with Gasteiger partial charge in [0.05, 0.1) is 12.1 Å². The van der Waals surface area contributed by atoms with Crippen LogP contribution in [0.25, 0.3) is 10.9 Å². The van der Waals surface area contributed by atoms with Gasteiger partial charge in [-0.2, -0.15) is 0 Å². The van der Waals surface area contributed by atoms with Gasteiger partial charge in [-0.15, -0.1) is 0 Å². The molecule has 3 amide bonds. The first-order chi connectivity index (χ1) is 21.5. The number of hydrogen-bond donors (Lipinski definition) is 8. The number of carboxylic acid groups (broad SMARTS) is 1. The summed E-state index contributed by atoms with van der Waals surface area (Å²) in [5.74, 6) is -3.51. The number of H-pyrrole nitrogens is 1. The van der Waals surface area contributed by atoms with Crippen LogP contribution in [0.5, 0.6) is 5.75 Å². The van der Waals surface area contributed by atoms with Crippen LogP contribution >= 0.6 is 0 Å². The van der Waals surface area contributed by atoms with Gasteiger partial charge in [0.1, 0.15) is 23.9 Å². The molecule has 236 valence electrons. The molecule has 0 fully saturated rings. The van der Waals surface area contributed by atoms with Crippen molar-refractivity contribution in [2.75, 3.05) is 0 Å². The predicted octanol–water partition coefficient (Wildman–Crippen LogP) is 1.15. The third kappa shape index (κ3) is 8.91. The number of aliphatic carboxylic acids is 1. The number of aliphatic hydroxyl groups is 1. The second-order valence-electron chi connectivity index (χ2n) is 10.9. The molecule has 12 heteroatoms. The number of aliphatic hydroxyl groups excluding tert-OH is 1. The van der Waals surface area contributed by atoms with E-state index in [0.717, 1.165) is 10.9 Å². The van der Waals surface area contributed by atoms with Gasteiger partial charge in [0.2, 0.25) is 17.7 Å². The average Bonchev–Trinajstić information content (AvgIpc) is 3.43. The second kappa shape index (κ2) is 15.0. The van der Waals surface area contributed by atoms with Crippen molar-refractivity contribution in [3.8, 4) is 5.75 Å². The number of hydrogen-bond acceptors (Lipinski definition) is 7. The molecule has 0 spiro atoms. The number of carboxylic acids is 1. The molecule has 5 atom stereocenters. The summed E-state index contributed by atoms with van der Waals surface area (Å²) < 4.78 is 0. The van der Waals surface area contributed by atoms with E-state index in [2.05, 4.69) is 20.9 Å². The van der Waals surface area contributed by atoms with Gasteiger partial charge in [-0.1, -0.05) is 60.7 Å². The van der Waals surface area contributed by atoms with E-state index >= 15 is 0 Å². The molecule has 12 nitrogen and oxygen atoms in total. The summed E-state index contributed by atoms with van der Waals surface area (Å²) in [5.41, 5.74) is 8.93. The molecule has 3 aromatic carbocycles. The van der Waals surface area contributed by atoms with Gasteiger partial charge in [0.25, 0.3) is 0 Å². The lowest BCUT2D eigenvalue weighted by atomic mass is 10.0. The minimum Gasteiger partial charge on any atom is -0.508 e. The Hall–Kier alpha value is -5.20. The van der Waals surface area contributed by atoms with Crippen molar-refractivity contribution in [3.63, 3.8) is 0 Å². The molecule has 0 aliphatic heterocycles. The van der Waals surface area contributed by atoms with E-state index < -0.39 is 54.0 Å². The summed E-state index contributed by atoms with van der Waals surface area (Å²) in [6, 6.07) is 17.2. The minimum absolute atomic E-state index is 0.0138. The lowest BCUT2D eigenvalue weighted by Crippen LogP contribution is -2.60. The Balaban J connectivity index is 1.52. The number of phenols is 1. The number of rotatable bonds is 14.